The minimum Gasteiger partial charge on any atom is -0.351 e. The van der Waals surface area contributed by atoms with Crippen LogP contribution >= 0.6 is 35.3 Å². The Morgan fingerprint density at radius 1 is 1.45 bits per heavy atom. The van der Waals surface area contributed by atoms with Gasteiger partial charge in [0.15, 0.2) is 15.8 Å². The number of nitrogens with zero attached hydrogens (tertiary/aromatic N) is 2. The number of hydrogen-bond donors (Lipinski definition) is 1. The van der Waals surface area contributed by atoms with Crippen molar-refractivity contribution in [3.8, 4) is 0 Å². The second kappa shape index (κ2) is 7.48. The van der Waals surface area contributed by atoms with Crippen LogP contribution < -0.4 is 5.32 Å². The Hall–Kier alpha value is -0.350. The predicted molar refractivity (Wildman–Crippen MR) is 104 cm³/mol. The summed E-state index contributed by atoms with van der Waals surface area (Å²) in [5.41, 5.74) is 0. The number of rotatable bonds is 2. The number of thiophene rings is 1. The summed E-state index contributed by atoms with van der Waals surface area (Å²) >= 11 is 1.75. The first-order chi connectivity index (χ1) is 9.75. The number of sulfone groups is 1. The van der Waals surface area contributed by atoms with Gasteiger partial charge in [-0.1, -0.05) is 0 Å². The fourth-order valence-corrected chi connectivity index (χ4v) is 4.60. The SMILES string of the molecule is CN=C(NCc1ccc(C)s1)N1CCS(=O)(=O)C(C)(C)C1.I. The number of aryl methyl sites for hydroxylation is 1. The van der Waals surface area contributed by atoms with Crippen LogP contribution in [-0.4, -0.2) is 49.9 Å². The molecule has 0 bridgehead atoms. The molecule has 22 heavy (non-hydrogen) atoms. The molecule has 0 aliphatic carbocycles. The zero-order valence-electron chi connectivity index (χ0n) is 13.4. The second-order valence-corrected chi connectivity index (χ2v) is 10.0. The monoisotopic (exact) mass is 457 g/mol. The van der Waals surface area contributed by atoms with E-state index in [1.807, 2.05) is 4.90 Å². The van der Waals surface area contributed by atoms with Crippen molar-refractivity contribution >= 4 is 51.1 Å². The van der Waals surface area contributed by atoms with Crippen LogP contribution in [0.4, 0.5) is 0 Å². The maximum Gasteiger partial charge on any atom is 0.194 e. The quantitative estimate of drug-likeness (QED) is 0.421. The van der Waals surface area contributed by atoms with Gasteiger partial charge in [0.2, 0.25) is 0 Å². The van der Waals surface area contributed by atoms with Gasteiger partial charge in [-0.3, -0.25) is 4.99 Å². The highest BCUT2D eigenvalue weighted by molar-refractivity contribution is 14.0. The Balaban J connectivity index is 0.00000242. The van der Waals surface area contributed by atoms with Gasteiger partial charge in [0.25, 0.3) is 0 Å². The lowest BCUT2D eigenvalue weighted by molar-refractivity contribution is 0.353. The summed E-state index contributed by atoms with van der Waals surface area (Å²) in [7, 11) is -1.29. The molecule has 0 amide bonds. The fraction of sp³-hybridized carbons (Fsp3) is 0.643. The van der Waals surface area contributed by atoms with E-state index in [2.05, 4.69) is 29.4 Å². The number of guanidine groups is 1. The zero-order valence-corrected chi connectivity index (χ0v) is 17.4. The molecule has 0 atom stereocenters. The van der Waals surface area contributed by atoms with E-state index in [1.54, 1.807) is 32.2 Å². The van der Waals surface area contributed by atoms with Crippen LogP contribution in [0.1, 0.15) is 23.6 Å². The summed E-state index contributed by atoms with van der Waals surface area (Å²) in [5.74, 6) is 0.947. The van der Waals surface area contributed by atoms with E-state index in [9.17, 15) is 8.42 Å². The third-order valence-electron chi connectivity index (χ3n) is 3.77. The predicted octanol–water partition coefficient (Wildman–Crippen LogP) is 2.26. The van der Waals surface area contributed by atoms with Crippen LogP contribution in [0.3, 0.4) is 0 Å². The topological polar surface area (TPSA) is 61.8 Å². The van der Waals surface area contributed by atoms with E-state index in [4.69, 9.17) is 0 Å². The van der Waals surface area contributed by atoms with Crippen molar-refractivity contribution in [3.63, 3.8) is 0 Å². The van der Waals surface area contributed by atoms with Gasteiger partial charge in [-0.05, 0) is 32.9 Å². The summed E-state index contributed by atoms with van der Waals surface area (Å²) in [6, 6.07) is 4.20. The van der Waals surface area contributed by atoms with Gasteiger partial charge in [0, 0.05) is 29.9 Å². The van der Waals surface area contributed by atoms with Crippen LogP contribution in [-0.2, 0) is 16.4 Å². The van der Waals surface area contributed by atoms with Crippen molar-refractivity contribution in [3.05, 3.63) is 21.9 Å². The van der Waals surface area contributed by atoms with E-state index >= 15 is 0 Å². The van der Waals surface area contributed by atoms with Crippen molar-refractivity contribution in [2.24, 2.45) is 4.99 Å². The Bertz CT molecular complexity index is 638. The fourth-order valence-electron chi connectivity index (χ4n) is 2.40. The minimum atomic E-state index is -3.02. The first-order valence-corrected chi connectivity index (χ1v) is 9.45. The smallest absolute Gasteiger partial charge is 0.194 e. The van der Waals surface area contributed by atoms with Crippen molar-refractivity contribution in [2.75, 3.05) is 25.9 Å². The maximum atomic E-state index is 12.1. The molecule has 1 aromatic heterocycles. The molecule has 1 aliphatic rings. The molecule has 2 rings (SSSR count). The Kier molecular flexibility index (Phi) is 6.70. The van der Waals surface area contributed by atoms with Gasteiger partial charge in [0.05, 0.1) is 17.0 Å². The third-order valence-corrected chi connectivity index (χ3v) is 7.31. The standard InChI is InChI=1S/C14H23N3O2S2.HI/c1-11-5-6-12(20-11)9-16-13(15-4)17-7-8-21(18,19)14(2,3)10-17;/h5-6H,7-10H2,1-4H3,(H,15,16);1H. The first-order valence-electron chi connectivity index (χ1n) is 6.98. The molecule has 5 nitrogen and oxygen atoms in total. The first kappa shape index (κ1) is 19.7. The molecule has 1 N–H and O–H groups in total. The molecule has 0 radical (unpaired) electrons. The largest absolute Gasteiger partial charge is 0.351 e. The van der Waals surface area contributed by atoms with Crippen LogP contribution in [0.25, 0.3) is 0 Å². The Morgan fingerprint density at radius 2 is 2.14 bits per heavy atom. The van der Waals surface area contributed by atoms with Crippen LogP contribution in [0, 0.1) is 6.92 Å². The highest BCUT2D eigenvalue weighted by atomic mass is 127. The normalized spacial score (nSPS) is 20.4. The van der Waals surface area contributed by atoms with Gasteiger partial charge in [0.1, 0.15) is 0 Å². The molecular weight excluding hydrogens is 433 g/mol. The zero-order chi connectivity index (χ0) is 15.7. The lowest BCUT2D eigenvalue weighted by Crippen LogP contribution is -2.57. The molecule has 0 aromatic carbocycles. The molecule has 0 unspecified atom stereocenters. The third kappa shape index (κ3) is 4.35. The molecule has 1 aromatic rings. The molecule has 0 spiro atoms. The second-order valence-electron chi connectivity index (χ2n) is 5.91. The molecule has 2 heterocycles. The van der Waals surface area contributed by atoms with Gasteiger partial charge >= 0.3 is 0 Å². The van der Waals surface area contributed by atoms with E-state index in [-0.39, 0.29) is 29.7 Å². The van der Waals surface area contributed by atoms with E-state index in [0.717, 1.165) is 12.5 Å². The molecule has 1 fully saturated rings. The molecule has 126 valence electrons. The van der Waals surface area contributed by atoms with Crippen LogP contribution in [0.2, 0.25) is 0 Å². The lowest BCUT2D eigenvalue weighted by atomic mass is 10.2. The van der Waals surface area contributed by atoms with E-state index < -0.39 is 14.6 Å². The Morgan fingerprint density at radius 3 is 2.64 bits per heavy atom. The highest BCUT2D eigenvalue weighted by Crippen LogP contribution is 2.23. The van der Waals surface area contributed by atoms with Gasteiger partial charge in [-0.15, -0.1) is 35.3 Å². The summed E-state index contributed by atoms with van der Waals surface area (Å²) < 4.78 is 23.4. The van der Waals surface area contributed by atoms with Gasteiger partial charge in [-0.2, -0.15) is 0 Å². The Labute approximate surface area is 154 Å². The molecule has 8 heteroatoms. The summed E-state index contributed by atoms with van der Waals surface area (Å²) in [6.07, 6.45) is 0. The van der Waals surface area contributed by atoms with Gasteiger partial charge < -0.3 is 10.2 Å². The van der Waals surface area contributed by atoms with Crippen molar-refractivity contribution in [2.45, 2.75) is 32.1 Å². The number of hydrogen-bond acceptors (Lipinski definition) is 4. The minimum absolute atomic E-state index is 0. The molecular formula is C14H24IN3O2S2. The average Bonchev–Trinajstić information content (AvgIpc) is 2.80. The van der Waals surface area contributed by atoms with Crippen LogP contribution in [0.5, 0.6) is 0 Å². The number of nitrogens with one attached hydrogen (secondary N) is 1. The highest BCUT2D eigenvalue weighted by Gasteiger charge is 2.40. The van der Waals surface area contributed by atoms with E-state index in [1.165, 1.54) is 9.75 Å². The lowest BCUT2D eigenvalue weighted by Gasteiger charge is -2.39. The van der Waals surface area contributed by atoms with Gasteiger partial charge in [-0.25, -0.2) is 8.42 Å². The van der Waals surface area contributed by atoms with Crippen molar-refractivity contribution < 1.29 is 8.42 Å². The summed E-state index contributed by atoms with van der Waals surface area (Å²) in [5, 5.41) is 3.33. The molecule has 1 aliphatic heterocycles. The summed E-state index contributed by atoms with van der Waals surface area (Å²) in [6.45, 7) is 7.33. The molecule has 1 saturated heterocycles. The van der Waals surface area contributed by atoms with E-state index in [0.29, 0.717) is 13.1 Å². The number of halogens is 1. The average molecular weight is 457 g/mol. The van der Waals surface area contributed by atoms with Crippen molar-refractivity contribution in [1.29, 1.82) is 0 Å². The molecule has 0 saturated carbocycles. The van der Waals surface area contributed by atoms with Crippen molar-refractivity contribution in [1.82, 2.24) is 10.2 Å². The summed E-state index contributed by atoms with van der Waals surface area (Å²) in [4.78, 5) is 8.85. The van der Waals surface area contributed by atoms with Crippen LogP contribution in [0.15, 0.2) is 17.1 Å². The maximum absolute atomic E-state index is 12.1. The number of aliphatic imine (C=N–C) groups is 1.